The molecular weight excluding hydrogens is 257 g/mol. The zero-order valence-corrected chi connectivity index (χ0v) is 11.2. The Morgan fingerprint density at radius 2 is 2.12 bits per heavy atom. The van der Waals surface area contributed by atoms with Gasteiger partial charge in [-0.15, -0.1) is 0 Å². The molecule has 0 heterocycles. The minimum absolute atomic E-state index is 0.128. The van der Waals surface area contributed by atoms with E-state index in [2.05, 4.69) is 12.2 Å². The topological polar surface area (TPSA) is 29.1 Å². The summed E-state index contributed by atoms with van der Waals surface area (Å²) in [6.45, 7) is 2.21. The Hall–Kier alpha value is -0.730. The number of amides is 1. The van der Waals surface area contributed by atoms with Gasteiger partial charge in [0, 0.05) is 11.1 Å². The summed E-state index contributed by atoms with van der Waals surface area (Å²) in [5.41, 5.74) is 0.457. The van der Waals surface area contributed by atoms with Crippen LogP contribution in [0.2, 0.25) is 10.0 Å². The van der Waals surface area contributed by atoms with Gasteiger partial charge in [0.15, 0.2) is 0 Å². The second-order valence-corrected chi connectivity index (χ2v) is 5.56. The van der Waals surface area contributed by atoms with Crippen molar-refractivity contribution in [3.8, 4) is 0 Å². The van der Waals surface area contributed by atoms with E-state index in [9.17, 15) is 4.79 Å². The number of hydrogen-bond donors (Lipinski definition) is 1. The number of carbonyl (C=O) groups excluding carboxylic acids is 1. The Kier molecular flexibility index (Phi) is 3.95. The molecule has 0 saturated heterocycles. The quantitative estimate of drug-likeness (QED) is 0.868. The van der Waals surface area contributed by atoms with E-state index in [1.54, 1.807) is 18.2 Å². The van der Waals surface area contributed by atoms with Crippen LogP contribution < -0.4 is 5.32 Å². The fourth-order valence-electron chi connectivity index (χ4n) is 2.27. The van der Waals surface area contributed by atoms with E-state index in [0.717, 1.165) is 12.8 Å². The van der Waals surface area contributed by atoms with Crippen LogP contribution in [0.4, 0.5) is 0 Å². The molecule has 4 heteroatoms. The normalized spacial score (nSPS) is 23.7. The van der Waals surface area contributed by atoms with Crippen molar-refractivity contribution in [3.63, 3.8) is 0 Å². The molecule has 1 aliphatic carbocycles. The molecule has 2 unspecified atom stereocenters. The molecule has 1 aromatic rings. The molecule has 0 spiro atoms. The van der Waals surface area contributed by atoms with Crippen LogP contribution in [0.25, 0.3) is 0 Å². The minimum Gasteiger partial charge on any atom is -0.349 e. The maximum Gasteiger partial charge on any atom is 0.253 e. The van der Waals surface area contributed by atoms with Crippen LogP contribution in [0.3, 0.4) is 0 Å². The van der Waals surface area contributed by atoms with Crippen LogP contribution in [-0.4, -0.2) is 11.9 Å². The standard InChI is InChI=1S/C13H15Cl2NO/c1-8-2-4-10(6-8)16-13(17)11-7-9(14)3-5-12(11)15/h3,5,7-8,10H,2,4,6H2,1H3,(H,16,17). The van der Waals surface area contributed by atoms with Gasteiger partial charge in [0.2, 0.25) is 0 Å². The van der Waals surface area contributed by atoms with E-state index < -0.39 is 0 Å². The molecule has 1 N–H and O–H groups in total. The zero-order valence-electron chi connectivity index (χ0n) is 9.67. The average Bonchev–Trinajstić information content (AvgIpc) is 2.67. The lowest BCUT2D eigenvalue weighted by Gasteiger charge is -2.13. The van der Waals surface area contributed by atoms with Crippen LogP contribution in [0.5, 0.6) is 0 Å². The molecule has 2 nitrogen and oxygen atoms in total. The fraction of sp³-hybridized carbons (Fsp3) is 0.462. The molecule has 0 aliphatic heterocycles. The summed E-state index contributed by atoms with van der Waals surface area (Å²) in [4.78, 5) is 12.0. The third-order valence-corrected chi connectivity index (χ3v) is 3.77. The van der Waals surface area contributed by atoms with Crippen LogP contribution >= 0.6 is 23.2 Å². The summed E-state index contributed by atoms with van der Waals surface area (Å²) >= 11 is 11.8. The largest absolute Gasteiger partial charge is 0.349 e. The van der Waals surface area contributed by atoms with Gasteiger partial charge < -0.3 is 5.32 Å². The molecule has 1 aliphatic rings. The number of benzene rings is 1. The first-order valence-corrected chi connectivity index (χ1v) is 6.58. The molecular formula is C13H15Cl2NO. The van der Waals surface area contributed by atoms with Crippen LogP contribution in [0, 0.1) is 5.92 Å². The van der Waals surface area contributed by atoms with Gasteiger partial charge in [0.25, 0.3) is 5.91 Å². The van der Waals surface area contributed by atoms with Crippen LogP contribution in [0.1, 0.15) is 36.5 Å². The Bertz CT molecular complexity index is 433. The summed E-state index contributed by atoms with van der Waals surface area (Å²) in [6, 6.07) is 5.21. The molecule has 1 aromatic carbocycles. The Balaban J connectivity index is 2.06. The molecule has 17 heavy (non-hydrogen) atoms. The third kappa shape index (κ3) is 3.14. The molecule has 2 atom stereocenters. The van der Waals surface area contributed by atoms with Crippen molar-refractivity contribution in [3.05, 3.63) is 33.8 Å². The smallest absolute Gasteiger partial charge is 0.253 e. The summed E-state index contributed by atoms with van der Waals surface area (Å²) in [5, 5.41) is 3.98. The second-order valence-electron chi connectivity index (χ2n) is 4.71. The number of rotatable bonds is 2. The summed E-state index contributed by atoms with van der Waals surface area (Å²) in [7, 11) is 0. The Morgan fingerprint density at radius 1 is 1.35 bits per heavy atom. The predicted molar refractivity (Wildman–Crippen MR) is 70.7 cm³/mol. The zero-order chi connectivity index (χ0) is 12.4. The van der Waals surface area contributed by atoms with Crippen molar-refractivity contribution >= 4 is 29.1 Å². The summed E-state index contributed by atoms with van der Waals surface area (Å²) < 4.78 is 0. The van der Waals surface area contributed by atoms with Gasteiger partial charge in [-0.25, -0.2) is 0 Å². The molecule has 1 amide bonds. The van der Waals surface area contributed by atoms with E-state index >= 15 is 0 Å². The predicted octanol–water partition coefficient (Wildman–Crippen LogP) is 3.91. The van der Waals surface area contributed by atoms with E-state index in [4.69, 9.17) is 23.2 Å². The lowest BCUT2D eigenvalue weighted by molar-refractivity contribution is 0.0937. The summed E-state index contributed by atoms with van der Waals surface area (Å²) in [5.74, 6) is 0.562. The highest BCUT2D eigenvalue weighted by molar-refractivity contribution is 6.35. The van der Waals surface area contributed by atoms with Crippen molar-refractivity contribution in [1.29, 1.82) is 0 Å². The number of carbonyl (C=O) groups is 1. The SMILES string of the molecule is CC1CCC(NC(=O)c2cc(Cl)ccc2Cl)C1. The molecule has 1 fully saturated rings. The highest BCUT2D eigenvalue weighted by Crippen LogP contribution is 2.26. The maximum absolute atomic E-state index is 12.0. The minimum atomic E-state index is -0.128. The monoisotopic (exact) mass is 271 g/mol. The number of halogens is 2. The van der Waals surface area contributed by atoms with E-state index in [0.29, 0.717) is 21.5 Å². The lowest BCUT2D eigenvalue weighted by atomic mass is 10.1. The van der Waals surface area contributed by atoms with Crippen molar-refractivity contribution in [2.45, 2.75) is 32.2 Å². The molecule has 2 rings (SSSR count). The van der Waals surface area contributed by atoms with Gasteiger partial charge in [0.1, 0.15) is 0 Å². The van der Waals surface area contributed by atoms with Gasteiger partial charge in [-0.05, 0) is 43.4 Å². The molecule has 0 aromatic heterocycles. The van der Waals surface area contributed by atoms with Gasteiger partial charge in [0.05, 0.1) is 10.6 Å². The first kappa shape index (κ1) is 12.7. The second kappa shape index (κ2) is 5.28. The van der Waals surface area contributed by atoms with E-state index in [1.807, 2.05) is 0 Å². The molecule has 92 valence electrons. The Morgan fingerprint density at radius 3 is 2.76 bits per heavy atom. The molecule has 0 bridgehead atoms. The van der Waals surface area contributed by atoms with Gasteiger partial charge >= 0.3 is 0 Å². The van der Waals surface area contributed by atoms with Crippen molar-refractivity contribution < 1.29 is 4.79 Å². The van der Waals surface area contributed by atoms with E-state index in [-0.39, 0.29) is 11.9 Å². The summed E-state index contributed by atoms with van der Waals surface area (Å²) in [6.07, 6.45) is 3.27. The van der Waals surface area contributed by atoms with Gasteiger partial charge in [-0.3, -0.25) is 4.79 Å². The van der Waals surface area contributed by atoms with Gasteiger partial charge in [-0.2, -0.15) is 0 Å². The Labute approximate surface area is 111 Å². The van der Waals surface area contributed by atoms with Gasteiger partial charge in [-0.1, -0.05) is 30.1 Å². The fourth-order valence-corrected chi connectivity index (χ4v) is 2.65. The van der Waals surface area contributed by atoms with Crippen LogP contribution in [0.15, 0.2) is 18.2 Å². The number of nitrogens with one attached hydrogen (secondary N) is 1. The highest BCUT2D eigenvalue weighted by atomic mass is 35.5. The molecule has 1 saturated carbocycles. The average molecular weight is 272 g/mol. The number of hydrogen-bond acceptors (Lipinski definition) is 1. The van der Waals surface area contributed by atoms with Crippen LogP contribution in [-0.2, 0) is 0 Å². The third-order valence-electron chi connectivity index (χ3n) is 3.20. The highest BCUT2D eigenvalue weighted by Gasteiger charge is 2.23. The molecule has 0 radical (unpaired) electrons. The van der Waals surface area contributed by atoms with Crippen molar-refractivity contribution in [1.82, 2.24) is 5.32 Å². The van der Waals surface area contributed by atoms with Crippen molar-refractivity contribution in [2.24, 2.45) is 5.92 Å². The van der Waals surface area contributed by atoms with Crippen molar-refractivity contribution in [2.75, 3.05) is 0 Å². The maximum atomic E-state index is 12.0. The van der Waals surface area contributed by atoms with E-state index in [1.165, 1.54) is 6.42 Å². The lowest BCUT2D eigenvalue weighted by Crippen LogP contribution is -2.33. The first-order valence-electron chi connectivity index (χ1n) is 5.82. The first-order chi connectivity index (χ1) is 8.06.